The SMILES string of the molecule is C=CC[NH+]1C[C@@H](C)/C(=N\OC(=O)c2ccccc2)C[C@H]1C. The second-order valence-electron chi connectivity index (χ2n) is 5.69. The molecule has 4 nitrogen and oxygen atoms in total. The number of rotatable bonds is 4. The number of piperidine rings is 1. The van der Waals surface area contributed by atoms with Gasteiger partial charge in [-0.05, 0) is 25.1 Å². The van der Waals surface area contributed by atoms with Crippen molar-refractivity contribution in [2.45, 2.75) is 26.3 Å². The van der Waals surface area contributed by atoms with E-state index in [1.54, 1.807) is 12.1 Å². The highest BCUT2D eigenvalue weighted by molar-refractivity contribution is 5.91. The van der Waals surface area contributed by atoms with Gasteiger partial charge in [-0.3, -0.25) is 0 Å². The Bertz CT molecular complexity index is 525. The highest BCUT2D eigenvalue weighted by atomic mass is 16.7. The van der Waals surface area contributed by atoms with E-state index < -0.39 is 5.97 Å². The summed E-state index contributed by atoms with van der Waals surface area (Å²) in [6.45, 7) is 10.1. The Balaban J connectivity index is 1.98. The summed E-state index contributed by atoms with van der Waals surface area (Å²) in [7, 11) is 0. The number of nitrogens with one attached hydrogen (secondary N) is 1. The lowest BCUT2D eigenvalue weighted by Gasteiger charge is -2.33. The Morgan fingerprint density at radius 2 is 2.14 bits per heavy atom. The largest absolute Gasteiger partial charge is 0.365 e. The van der Waals surface area contributed by atoms with E-state index in [0.717, 1.165) is 25.2 Å². The number of benzene rings is 1. The molecule has 3 atom stereocenters. The van der Waals surface area contributed by atoms with Gasteiger partial charge in [-0.25, -0.2) is 4.79 Å². The van der Waals surface area contributed by atoms with Crippen molar-refractivity contribution in [3.63, 3.8) is 0 Å². The highest BCUT2D eigenvalue weighted by Crippen LogP contribution is 2.10. The van der Waals surface area contributed by atoms with Crippen molar-refractivity contribution in [2.24, 2.45) is 11.1 Å². The van der Waals surface area contributed by atoms with E-state index in [1.807, 2.05) is 24.3 Å². The predicted octanol–water partition coefficient (Wildman–Crippen LogP) is 1.70. The number of carbonyl (C=O) groups is 1. The predicted molar refractivity (Wildman–Crippen MR) is 83.4 cm³/mol. The lowest BCUT2D eigenvalue weighted by Crippen LogP contribution is -3.17. The van der Waals surface area contributed by atoms with Gasteiger partial charge in [0.25, 0.3) is 0 Å². The molecular weight excluding hydrogens is 264 g/mol. The Kier molecular flexibility index (Phi) is 5.28. The van der Waals surface area contributed by atoms with Crippen molar-refractivity contribution in [2.75, 3.05) is 13.1 Å². The van der Waals surface area contributed by atoms with E-state index >= 15 is 0 Å². The lowest BCUT2D eigenvalue weighted by atomic mass is 9.93. The first-order valence-corrected chi connectivity index (χ1v) is 7.40. The highest BCUT2D eigenvalue weighted by Gasteiger charge is 2.31. The van der Waals surface area contributed by atoms with E-state index in [-0.39, 0.29) is 0 Å². The molecular formula is C17H23N2O2+. The van der Waals surface area contributed by atoms with Crippen LogP contribution in [0.25, 0.3) is 0 Å². The number of nitrogens with zero attached hydrogens (tertiary/aromatic N) is 1. The van der Waals surface area contributed by atoms with Crippen LogP contribution in [0.15, 0.2) is 48.1 Å². The van der Waals surface area contributed by atoms with Crippen molar-refractivity contribution in [1.82, 2.24) is 0 Å². The Labute approximate surface area is 126 Å². The first kappa shape index (κ1) is 15.4. The fraction of sp³-hybridized carbons (Fsp3) is 0.412. The second-order valence-corrected chi connectivity index (χ2v) is 5.69. The van der Waals surface area contributed by atoms with Crippen molar-refractivity contribution < 1.29 is 14.5 Å². The standard InChI is InChI=1S/C17H22N2O2/c1-4-10-19-12-13(2)16(11-14(19)3)18-21-17(20)15-8-6-5-7-9-15/h4-9,13-14H,1,10-12H2,2-3H3/p+1/b18-16-/t13-,14-/m1/s1. The molecule has 0 saturated carbocycles. The molecule has 21 heavy (non-hydrogen) atoms. The summed E-state index contributed by atoms with van der Waals surface area (Å²) in [5.74, 6) is -0.0801. The van der Waals surface area contributed by atoms with Crippen LogP contribution in [0.3, 0.4) is 0 Å². The Morgan fingerprint density at radius 3 is 2.81 bits per heavy atom. The molecule has 1 aromatic carbocycles. The number of likely N-dealkylation sites (tertiary alicyclic amines) is 1. The minimum Gasteiger partial charge on any atom is -0.329 e. The van der Waals surface area contributed by atoms with Crippen molar-refractivity contribution in [3.8, 4) is 0 Å². The number of carbonyl (C=O) groups excluding carboxylic acids is 1. The molecule has 0 amide bonds. The normalized spacial score (nSPS) is 27.3. The summed E-state index contributed by atoms with van der Waals surface area (Å²) in [6, 6.07) is 9.41. The molecule has 1 unspecified atom stereocenters. The molecule has 0 radical (unpaired) electrons. The van der Waals surface area contributed by atoms with Gasteiger partial charge in [-0.1, -0.05) is 36.9 Å². The van der Waals surface area contributed by atoms with Crippen LogP contribution < -0.4 is 4.90 Å². The number of quaternary nitrogens is 1. The zero-order chi connectivity index (χ0) is 15.2. The van der Waals surface area contributed by atoms with Gasteiger partial charge < -0.3 is 9.74 Å². The van der Waals surface area contributed by atoms with Gasteiger partial charge in [-0.2, -0.15) is 0 Å². The topological polar surface area (TPSA) is 43.1 Å². The van der Waals surface area contributed by atoms with Gasteiger partial charge in [0.15, 0.2) is 0 Å². The first-order chi connectivity index (χ1) is 10.1. The molecule has 4 heteroatoms. The summed E-state index contributed by atoms with van der Waals surface area (Å²) in [4.78, 5) is 18.5. The fourth-order valence-electron chi connectivity index (χ4n) is 2.70. The molecule has 1 saturated heterocycles. The van der Waals surface area contributed by atoms with Crippen LogP contribution in [0.1, 0.15) is 30.6 Å². The van der Waals surface area contributed by atoms with Gasteiger partial charge in [0, 0.05) is 12.3 Å². The number of hydrogen-bond donors (Lipinski definition) is 1. The van der Waals surface area contributed by atoms with E-state index in [2.05, 4.69) is 25.6 Å². The third-order valence-corrected chi connectivity index (χ3v) is 4.01. The van der Waals surface area contributed by atoms with Crippen molar-refractivity contribution in [1.29, 1.82) is 0 Å². The van der Waals surface area contributed by atoms with Crippen LogP contribution in [0.2, 0.25) is 0 Å². The summed E-state index contributed by atoms with van der Waals surface area (Å²) in [5, 5.41) is 4.11. The third-order valence-electron chi connectivity index (χ3n) is 4.01. The van der Waals surface area contributed by atoms with E-state index in [4.69, 9.17) is 4.84 Å². The lowest BCUT2D eigenvalue weighted by molar-refractivity contribution is -0.921. The average Bonchev–Trinajstić information content (AvgIpc) is 2.50. The van der Waals surface area contributed by atoms with Crippen LogP contribution in [0.4, 0.5) is 0 Å². The quantitative estimate of drug-likeness (QED) is 0.520. The molecule has 0 spiro atoms. The van der Waals surface area contributed by atoms with Gasteiger partial charge >= 0.3 is 5.97 Å². The van der Waals surface area contributed by atoms with Crippen LogP contribution in [-0.4, -0.2) is 30.8 Å². The first-order valence-electron chi connectivity index (χ1n) is 7.40. The molecule has 1 aromatic rings. The Morgan fingerprint density at radius 1 is 1.43 bits per heavy atom. The molecule has 2 rings (SSSR count). The molecule has 0 bridgehead atoms. The smallest absolute Gasteiger partial charge is 0.329 e. The third kappa shape index (κ3) is 4.02. The zero-order valence-corrected chi connectivity index (χ0v) is 12.7. The van der Waals surface area contributed by atoms with Gasteiger partial charge in [0.1, 0.15) is 0 Å². The van der Waals surface area contributed by atoms with E-state index in [0.29, 0.717) is 17.5 Å². The van der Waals surface area contributed by atoms with Gasteiger partial charge in [0.05, 0.1) is 30.4 Å². The molecule has 1 heterocycles. The molecule has 1 N–H and O–H groups in total. The van der Waals surface area contributed by atoms with Gasteiger partial charge in [-0.15, -0.1) is 0 Å². The minimum absolute atomic E-state index is 0.319. The zero-order valence-electron chi connectivity index (χ0n) is 12.7. The van der Waals surface area contributed by atoms with Gasteiger partial charge in [0.2, 0.25) is 0 Å². The summed E-state index contributed by atoms with van der Waals surface area (Å²) >= 11 is 0. The molecule has 0 aliphatic carbocycles. The maximum absolute atomic E-state index is 11.9. The maximum atomic E-state index is 11.9. The van der Waals surface area contributed by atoms with Crippen LogP contribution in [0.5, 0.6) is 0 Å². The molecule has 1 aliphatic rings. The molecule has 112 valence electrons. The summed E-state index contributed by atoms with van der Waals surface area (Å²) < 4.78 is 0. The van der Waals surface area contributed by atoms with Crippen LogP contribution in [0, 0.1) is 5.92 Å². The maximum Gasteiger partial charge on any atom is 0.365 e. The van der Waals surface area contributed by atoms with Crippen molar-refractivity contribution >= 4 is 11.7 Å². The Hall–Kier alpha value is -1.94. The minimum atomic E-state index is -0.399. The molecule has 1 aliphatic heterocycles. The average molecular weight is 287 g/mol. The number of hydrogen-bond acceptors (Lipinski definition) is 3. The fourth-order valence-corrected chi connectivity index (χ4v) is 2.70. The number of oxime groups is 1. The summed E-state index contributed by atoms with van der Waals surface area (Å²) in [6.07, 6.45) is 2.81. The molecule has 1 fully saturated rings. The second kappa shape index (κ2) is 7.18. The van der Waals surface area contributed by atoms with Crippen LogP contribution in [-0.2, 0) is 4.84 Å². The van der Waals surface area contributed by atoms with Crippen LogP contribution >= 0.6 is 0 Å². The monoisotopic (exact) mass is 287 g/mol. The van der Waals surface area contributed by atoms with E-state index in [9.17, 15) is 4.79 Å². The van der Waals surface area contributed by atoms with Crippen molar-refractivity contribution in [3.05, 3.63) is 48.6 Å². The summed E-state index contributed by atoms with van der Waals surface area (Å²) in [5.41, 5.74) is 1.50. The van der Waals surface area contributed by atoms with E-state index in [1.165, 1.54) is 4.90 Å². The molecule has 0 aromatic heterocycles.